The Kier molecular flexibility index (Phi) is 8.21. The maximum absolute atomic E-state index is 12.4. The molecule has 0 aliphatic rings. The molecule has 9 nitrogen and oxygen atoms in total. The second-order valence-electron chi connectivity index (χ2n) is 8.55. The van der Waals surface area contributed by atoms with Gasteiger partial charge in [0.15, 0.2) is 20.1 Å². The number of nitrogens with one attached hydrogen (secondary N) is 2. The number of rotatable bonds is 9. The number of hydrogen-bond acceptors (Lipinski definition) is 9. The van der Waals surface area contributed by atoms with Gasteiger partial charge >= 0.3 is 0 Å². The van der Waals surface area contributed by atoms with Gasteiger partial charge in [-0.05, 0) is 73.5 Å². The third kappa shape index (κ3) is 7.40. The highest BCUT2D eigenvalue weighted by Gasteiger charge is 2.18. The van der Waals surface area contributed by atoms with Gasteiger partial charge in [0.25, 0.3) is 5.91 Å². The Morgan fingerprint density at radius 1 is 0.947 bits per heavy atom. The van der Waals surface area contributed by atoms with Crippen LogP contribution in [-0.4, -0.2) is 44.1 Å². The van der Waals surface area contributed by atoms with Crippen molar-refractivity contribution in [2.45, 2.75) is 23.6 Å². The van der Waals surface area contributed by atoms with Crippen LogP contribution in [0.3, 0.4) is 0 Å². The highest BCUT2D eigenvalue weighted by molar-refractivity contribution is 8.08. The van der Waals surface area contributed by atoms with Gasteiger partial charge in [-0.25, -0.2) is 21.8 Å². The molecule has 0 atom stereocenters. The van der Waals surface area contributed by atoms with Crippen molar-refractivity contribution >= 4 is 59.7 Å². The molecule has 2 aromatic heterocycles. The lowest BCUT2D eigenvalue weighted by molar-refractivity contribution is 0.102. The number of anilines is 2. The van der Waals surface area contributed by atoms with Crippen LogP contribution in [0.2, 0.25) is 0 Å². The van der Waals surface area contributed by atoms with E-state index in [9.17, 15) is 21.6 Å². The molecular formula is C25H24N4O5S4. The molecule has 0 saturated carbocycles. The first-order valence-electron chi connectivity index (χ1n) is 11.1. The van der Waals surface area contributed by atoms with Crippen molar-refractivity contribution in [3.05, 3.63) is 83.0 Å². The summed E-state index contributed by atoms with van der Waals surface area (Å²) < 4.78 is 48.9. The predicted molar refractivity (Wildman–Crippen MR) is 152 cm³/mol. The predicted octanol–water partition coefficient (Wildman–Crippen LogP) is 4.97. The summed E-state index contributed by atoms with van der Waals surface area (Å²) in [5.74, 6) is -0.247. The highest BCUT2D eigenvalue weighted by Crippen LogP contribution is 2.36. The number of carbonyl (C=O) groups is 1. The van der Waals surface area contributed by atoms with Gasteiger partial charge in [0.05, 0.1) is 5.69 Å². The molecule has 38 heavy (non-hydrogen) atoms. The first-order valence-corrected chi connectivity index (χ1v) is 16.5. The fraction of sp³-hybridized carbons (Fsp3) is 0.160. The Morgan fingerprint density at radius 3 is 2.18 bits per heavy atom. The SMILES string of the molecule is Cc1cc(Sc2ccc(NS(=O)(=O)CS(C)(=O)=O)cc2)cc(C)c1-c1csc(NC(=O)c2ccncc2)n1. The number of sulfonamides is 1. The number of carbonyl (C=O) groups excluding carboxylic acids is 1. The van der Waals surface area contributed by atoms with Crippen molar-refractivity contribution in [3.8, 4) is 11.3 Å². The maximum Gasteiger partial charge on any atom is 0.257 e. The molecule has 13 heteroatoms. The van der Waals surface area contributed by atoms with Gasteiger partial charge in [-0.2, -0.15) is 0 Å². The van der Waals surface area contributed by atoms with Gasteiger partial charge < -0.3 is 0 Å². The van der Waals surface area contributed by atoms with E-state index < -0.39 is 24.9 Å². The zero-order chi connectivity index (χ0) is 27.5. The number of thiazole rings is 1. The first-order chi connectivity index (χ1) is 17.9. The van der Waals surface area contributed by atoms with Gasteiger partial charge in [0, 0.05) is 50.6 Å². The van der Waals surface area contributed by atoms with Crippen LogP contribution in [0.25, 0.3) is 11.3 Å². The van der Waals surface area contributed by atoms with E-state index in [2.05, 4.69) is 20.0 Å². The molecule has 4 rings (SSSR count). The van der Waals surface area contributed by atoms with Crippen LogP contribution in [0.15, 0.2) is 76.1 Å². The van der Waals surface area contributed by atoms with Crippen LogP contribution in [0, 0.1) is 13.8 Å². The van der Waals surface area contributed by atoms with Crippen molar-refractivity contribution in [2.24, 2.45) is 0 Å². The second-order valence-corrected chi connectivity index (χ2v) is 14.8. The smallest absolute Gasteiger partial charge is 0.257 e. The molecule has 0 radical (unpaired) electrons. The van der Waals surface area contributed by atoms with E-state index in [4.69, 9.17) is 0 Å². The summed E-state index contributed by atoms with van der Waals surface area (Å²) >= 11 is 2.87. The molecule has 0 saturated heterocycles. The summed E-state index contributed by atoms with van der Waals surface area (Å²) in [5.41, 5.74) is 4.61. The topological polar surface area (TPSA) is 135 Å². The standard InChI is InChI=1S/C25H24N4O5S4/c1-16-12-21(36-20-6-4-19(5-7-20)29-38(33,34)15-37(3,31)32)13-17(2)23(16)22-14-35-25(27-22)28-24(30)18-8-10-26-11-9-18/h4-14,29H,15H2,1-3H3,(H,27,28,30). The van der Waals surface area contributed by atoms with Crippen molar-refractivity contribution in [3.63, 3.8) is 0 Å². The molecule has 0 bridgehead atoms. The largest absolute Gasteiger partial charge is 0.298 e. The van der Waals surface area contributed by atoms with Crippen molar-refractivity contribution in [1.29, 1.82) is 0 Å². The average Bonchev–Trinajstić information content (AvgIpc) is 3.26. The van der Waals surface area contributed by atoms with E-state index >= 15 is 0 Å². The molecule has 4 aromatic rings. The Labute approximate surface area is 229 Å². The number of aromatic nitrogens is 2. The molecule has 198 valence electrons. The van der Waals surface area contributed by atoms with E-state index in [-0.39, 0.29) is 11.6 Å². The number of sulfone groups is 1. The molecule has 0 aliphatic carbocycles. The van der Waals surface area contributed by atoms with Crippen molar-refractivity contribution in [1.82, 2.24) is 9.97 Å². The quantitative estimate of drug-likeness (QED) is 0.280. The van der Waals surface area contributed by atoms with Crippen LogP contribution in [0.5, 0.6) is 0 Å². The number of pyridine rings is 1. The Balaban J connectivity index is 1.45. The van der Waals surface area contributed by atoms with Crippen molar-refractivity contribution < 1.29 is 21.6 Å². The molecule has 0 fully saturated rings. The van der Waals surface area contributed by atoms with Gasteiger partial charge in [-0.3, -0.25) is 19.8 Å². The summed E-state index contributed by atoms with van der Waals surface area (Å²) in [4.78, 5) is 22.8. The highest BCUT2D eigenvalue weighted by atomic mass is 32.3. The fourth-order valence-corrected chi connectivity index (χ4v) is 8.42. The summed E-state index contributed by atoms with van der Waals surface area (Å²) in [7, 11) is -7.68. The molecular weight excluding hydrogens is 565 g/mol. The lowest BCUT2D eigenvalue weighted by Gasteiger charge is -2.12. The lowest BCUT2D eigenvalue weighted by Crippen LogP contribution is -2.22. The number of nitrogens with zero attached hydrogens (tertiary/aromatic N) is 2. The minimum Gasteiger partial charge on any atom is -0.298 e. The lowest BCUT2D eigenvalue weighted by atomic mass is 10.0. The van der Waals surface area contributed by atoms with E-state index in [0.717, 1.165) is 38.4 Å². The molecule has 1 amide bonds. The number of amides is 1. The first kappa shape index (κ1) is 27.8. The summed E-state index contributed by atoms with van der Waals surface area (Å²) in [6.07, 6.45) is 4.00. The second kappa shape index (κ2) is 11.2. The summed E-state index contributed by atoms with van der Waals surface area (Å²) in [6, 6.07) is 14.1. The number of aryl methyl sites for hydroxylation is 2. The maximum atomic E-state index is 12.4. The van der Waals surface area contributed by atoms with Crippen LogP contribution in [0.1, 0.15) is 21.5 Å². The molecule has 2 N–H and O–H groups in total. The molecule has 0 unspecified atom stereocenters. The monoisotopic (exact) mass is 588 g/mol. The zero-order valence-corrected chi connectivity index (χ0v) is 23.9. The minimum absolute atomic E-state index is 0.247. The van der Waals surface area contributed by atoms with Gasteiger partial charge in [-0.15, -0.1) is 11.3 Å². The van der Waals surface area contributed by atoms with Gasteiger partial charge in [0.2, 0.25) is 10.0 Å². The van der Waals surface area contributed by atoms with Crippen LogP contribution in [0.4, 0.5) is 10.8 Å². The third-order valence-corrected chi connectivity index (χ3v) is 10.4. The third-order valence-electron chi connectivity index (χ3n) is 5.16. The summed E-state index contributed by atoms with van der Waals surface area (Å²) in [6.45, 7) is 4.00. The van der Waals surface area contributed by atoms with Gasteiger partial charge in [0.1, 0.15) is 0 Å². The number of hydrogen-bond donors (Lipinski definition) is 2. The average molecular weight is 589 g/mol. The molecule has 0 spiro atoms. The summed E-state index contributed by atoms with van der Waals surface area (Å²) in [5, 5.41) is 4.27. The Bertz CT molecular complexity index is 1660. The van der Waals surface area contributed by atoms with E-state index in [1.54, 1.807) is 48.8 Å². The minimum atomic E-state index is -4.00. The normalized spacial score (nSPS) is 11.8. The molecule has 0 aliphatic heterocycles. The van der Waals surface area contributed by atoms with E-state index in [1.165, 1.54) is 23.1 Å². The molecule has 2 aromatic carbocycles. The number of benzene rings is 2. The van der Waals surface area contributed by atoms with Crippen molar-refractivity contribution in [2.75, 3.05) is 21.4 Å². The van der Waals surface area contributed by atoms with Crippen LogP contribution >= 0.6 is 23.1 Å². The zero-order valence-electron chi connectivity index (χ0n) is 20.6. The Morgan fingerprint density at radius 2 is 1.58 bits per heavy atom. The van der Waals surface area contributed by atoms with E-state index in [0.29, 0.717) is 10.7 Å². The molecule has 2 heterocycles. The van der Waals surface area contributed by atoms with Gasteiger partial charge in [-0.1, -0.05) is 11.8 Å². The van der Waals surface area contributed by atoms with Crippen LogP contribution < -0.4 is 10.0 Å². The fourth-order valence-electron chi connectivity index (χ4n) is 3.72. The van der Waals surface area contributed by atoms with Crippen LogP contribution in [-0.2, 0) is 19.9 Å². The van der Waals surface area contributed by atoms with E-state index in [1.807, 2.05) is 31.4 Å². The Hall–Kier alpha value is -3.26.